The third-order valence-electron chi connectivity index (χ3n) is 7.36. The van der Waals surface area contributed by atoms with Crippen LogP contribution in [0.15, 0.2) is 18.2 Å². The van der Waals surface area contributed by atoms with E-state index in [1.165, 1.54) is 16.7 Å². The summed E-state index contributed by atoms with van der Waals surface area (Å²) in [6.07, 6.45) is 0. The zero-order valence-electron chi connectivity index (χ0n) is 19.0. The first-order valence-corrected chi connectivity index (χ1v) is 12.2. The molecule has 1 heteroatoms. The number of rotatable bonds is 2. The van der Waals surface area contributed by atoms with Crippen molar-refractivity contribution in [1.82, 2.24) is 0 Å². The Balaban J connectivity index is 1.82. The summed E-state index contributed by atoms with van der Waals surface area (Å²) in [5, 5.41) is 1.70. The summed E-state index contributed by atoms with van der Waals surface area (Å²) in [6, 6.07) is 7.48. The van der Waals surface area contributed by atoms with E-state index in [1.807, 2.05) is 5.57 Å². The molecule has 2 unspecified atom stereocenters. The topological polar surface area (TPSA) is 0 Å². The minimum absolute atomic E-state index is 0.173. The Morgan fingerprint density at radius 1 is 0.857 bits per heavy atom. The molecule has 3 aliphatic carbocycles. The summed E-state index contributed by atoms with van der Waals surface area (Å²) in [4.78, 5) is 1.76. The minimum atomic E-state index is 0.173. The zero-order chi connectivity index (χ0) is 20.3. The number of hydrogen-bond donors (Lipinski definition) is 0. The average Bonchev–Trinajstić information content (AvgIpc) is 3.07. The van der Waals surface area contributed by atoms with Gasteiger partial charge < -0.3 is 0 Å². The third-order valence-corrected chi connectivity index (χ3v) is 9.90. The van der Waals surface area contributed by atoms with Crippen molar-refractivity contribution in [3.8, 4) is 11.1 Å². The molecule has 28 heavy (non-hydrogen) atoms. The molecule has 6 bridgehead atoms. The van der Waals surface area contributed by atoms with E-state index in [2.05, 4.69) is 80.5 Å². The highest BCUT2D eigenvalue weighted by Gasteiger charge is 2.51. The summed E-state index contributed by atoms with van der Waals surface area (Å²) in [5.41, 5.74) is 14.1. The Morgan fingerprint density at radius 3 is 1.93 bits per heavy atom. The zero-order valence-corrected chi connectivity index (χ0v) is 20.2. The maximum Gasteiger partial charge on any atom is 0.0326 e. The fraction of sp³-hybridized carbons (Fsp3) is 0.519. The van der Waals surface area contributed by atoms with Crippen molar-refractivity contribution in [2.75, 3.05) is 0 Å². The minimum Gasteiger partial charge on any atom is -0.0622 e. The largest absolute Gasteiger partial charge is 0.0622 e. The van der Waals surface area contributed by atoms with Crippen LogP contribution in [0.3, 0.4) is 0 Å². The van der Waals surface area contributed by atoms with Crippen LogP contribution >= 0.6 is 0 Å². The molecular formula is C27H34Si. The summed E-state index contributed by atoms with van der Waals surface area (Å²) in [7, 11) is 0.402. The van der Waals surface area contributed by atoms with Gasteiger partial charge >= 0.3 is 0 Å². The van der Waals surface area contributed by atoms with E-state index < -0.39 is 0 Å². The van der Waals surface area contributed by atoms with Crippen LogP contribution in [0.2, 0.25) is 5.54 Å². The van der Waals surface area contributed by atoms with E-state index in [9.17, 15) is 0 Å². The second-order valence-corrected chi connectivity index (χ2v) is 13.4. The Hall–Kier alpha value is -1.47. The van der Waals surface area contributed by atoms with Crippen LogP contribution < -0.4 is 5.22 Å². The van der Waals surface area contributed by atoms with Gasteiger partial charge in [-0.25, -0.2) is 0 Å². The smallest absolute Gasteiger partial charge is 0.0326 e. The van der Waals surface area contributed by atoms with Crippen LogP contribution in [-0.2, 0) is 10.8 Å². The highest BCUT2D eigenvalue weighted by Crippen LogP contribution is 2.63. The predicted octanol–water partition coefficient (Wildman–Crippen LogP) is 6.01. The van der Waals surface area contributed by atoms with E-state index in [0.717, 1.165) is 11.5 Å². The van der Waals surface area contributed by atoms with E-state index in [-0.39, 0.29) is 10.8 Å². The molecule has 1 aliphatic heterocycles. The lowest BCUT2D eigenvalue weighted by molar-refractivity contribution is 0.569. The van der Waals surface area contributed by atoms with E-state index >= 15 is 0 Å². The van der Waals surface area contributed by atoms with Crippen LogP contribution in [0.4, 0.5) is 0 Å². The van der Waals surface area contributed by atoms with Gasteiger partial charge in [0.25, 0.3) is 0 Å². The summed E-state index contributed by atoms with van der Waals surface area (Å²) in [6.45, 7) is 21.4. The van der Waals surface area contributed by atoms with Crippen molar-refractivity contribution < 1.29 is 0 Å². The fourth-order valence-corrected chi connectivity index (χ4v) is 7.77. The molecule has 146 valence electrons. The fourth-order valence-electron chi connectivity index (χ4n) is 5.60. The molecule has 2 aromatic rings. The van der Waals surface area contributed by atoms with Crippen LogP contribution in [-0.4, -0.2) is 9.13 Å². The quantitative estimate of drug-likeness (QED) is 0.554. The van der Waals surface area contributed by atoms with Crippen molar-refractivity contribution in [2.24, 2.45) is 5.92 Å². The van der Waals surface area contributed by atoms with Gasteiger partial charge in [0, 0.05) is 15.0 Å². The summed E-state index contributed by atoms with van der Waals surface area (Å²) < 4.78 is 0. The number of hydrogen-bond acceptors (Lipinski definition) is 0. The first kappa shape index (κ1) is 18.5. The first-order valence-electron chi connectivity index (χ1n) is 11.0. The van der Waals surface area contributed by atoms with Gasteiger partial charge in [-0.05, 0) is 83.8 Å². The monoisotopic (exact) mass is 386 g/mol. The van der Waals surface area contributed by atoms with Crippen molar-refractivity contribution in [1.29, 1.82) is 0 Å². The normalized spacial score (nSPS) is 21.6. The van der Waals surface area contributed by atoms with E-state index in [0.29, 0.717) is 15.0 Å². The molecule has 2 atom stereocenters. The van der Waals surface area contributed by atoms with Gasteiger partial charge in [-0.15, -0.1) is 0 Å². The lowest BCUT2D eigenvalue weighted by atomic mass is 9.78. The van der Waals surface area contributed by atoms with Crippen molar-refractivity contribution in [3.05, 3.63) is 56.0 Å². The van der Waals surface area contributed by atoms with Crippen molar-refractivity contribution in [3.63, 3.8) is 0 Å². The SMILES string of the molecule is Cc1c2c3c(-c4cc(C(C)(C)C)cc(C(C)(C)C)c4)c4c1=[SiH]C(C(C)C)C=4C23. The molecule has 0 spiro atoms. The molecule has 2 aromatic carbocycles. The molecule has 0 aromatic heterocycles. The Morgan fingerprint density at radius 2 is 1.43 bits per heavy atom. The molecule has 6 rings (SSSR count). The second-order valence-electron chi connectivity index (χ2n) is 11.7. The van der Waals surface area contributed by atoms with Crippen molar-refractivity contribution in [2.45, 2.75) is 84.6 Å². The van der Waals surface area contributed by atoms with Crippen LogP contribution in [0.1, 0.15) is 89.1 Å². The van der Waals surface area contributed by atoms with Crippen LogP contribution in [0.25, 0.3) is 16.7 Å². The molecule has 4 aliphatic rings. The molecule has 1 heterocycles. The van der Waals surface area contributed by atoms with Gasteiger partial charge in [0.2, 0.25) is 0 Å². The summed E-state index contributed by atoms with van der Waals surface area (Å²) >= 11 is 0. The van der Waals surface area contributed by atoms with E-state index in [1.54, 1.807) is 32.3 Å². The molecular weight excluding hydrogens is 352 g/mol. The Labute approximate surface area is 172 Å². The summed E-state index contributed by atoms with van der Waals surface area (Å²) in [5.74, 6) is 1.48. The lowest BCUT2D eigenvalue weighted by Gasteiger charge is -2.26. The second kappa shape index (κ2) is 5.36. The highest BCUT2D eigenvalue weighted by molar-refractivity contribution is 6.37. The molecule has 0 radical (unpaired) electrons. The van der Waals surface area contributed by atoms with Crippen LogP contribution in [0, 0.1) is 17.7 Å². The van der Waals surface area contributed by atoms with Gasteiger partial charge in [0.15, 0.2) is 0 Å². The standard InChI is InChI=1S/C27H34Si/c1-13(2)24-23-21-18-14(3)25(28-24)22(23)19(20(18)21)15-10-16(26(4,5)6)12-17(11-15)27(7,8)9/h10-13,21,24,28H,1-9H3. The molecule has 0 fully saturated rings. The van der Waals surface area contributed by atoms with Gasteiger partial charge in [-0.1, -0.05) is 73.6 Å². The maximum atomic E-state index is 2.51. The van der Waals surface area contributed by atoms with Gasteiger partial charge in [-0.2, -0.15) is 0 Å². The molecule has 0 saturated carbocycles. The highest BCUT2D eigenvalue weighted by atomic mass is 28.2. The average molecular weight is 387 g/mol. The number of benzene rings is 2. The first-order chi connectivity index (χ1) is 12.9. The van der Waals surface area contributed by atoms with Crippen molar-refractivity contribution >= 4 is 14.7 Å². The molecule has 0 nitrogen and oxygen atoms in total. The predicted molar refractivity (Wildman–Crippen MR) is 123 cm³/mol. The van der Waals surface area contributed by atoms with Crippen LogP contribution in [0.5, 0.6) is 0 Å². The molecule has 0 N–H and O–H groups in total. The Kier molecular flexibility index (Phi) is 3.55. The van der Waals surface area contributed by atoms with Gasteiger partial charge in [0.05, 0.1) is 0 Å². The van der Waals surface area contributed by atoms with E-state index in [4.69, 9.17) is 0 Å². The molecule has 0 saturated heterocycles. The molecule has 0 amide bonds. The Bertz CT molecular complexity index is 1130. The lowest BCUT2D eigenvalue weighted by Crippen LogP contribution is -2.17. The maximum absolute atomic E-state index is 2.51. The third kappa shape index (κ3) is 2.32. The van der Waals surface area contributed by atoms with Gasteiger partial charge in [0.1, 0.15) is 0 Å². The van der Waals surface area contributed by atoms with Gasteiger partial charge in [-0.3, -0.25) is 0 Å².